The van der Waals surface area contributed by atoms with E-state index in [0.717, 1.165) is 17.8 Å². The Labute approximate surface area is 294 Å². The molecular formula is C45H34N4S. The minimum absolute atomic E-state index is 0.0560. The maximum Gasteiger partial charge on any atom is 0.129 e. The number of aliphatic imine (C=N–C) groups is 1. The van der Waals surface area contributed by atoms with Gasteiger partial charge in [0.05, 0.1) is 15.7 Å². The van der Waals surface area contributed by atoms with Gasteiger partial charge in [0.1, 0.15) is 18.2 Å². The standard InChI is InChI=1S/C45H34N4S/c1-4-13-29(14-5-1)32-23-26-39-38(28-32)36-24-25-37-35-21-10-11-22-40(35)50-42(37)41(36)49(39)34-20-12-19-33(27-34)45-47-43(30-15-6-2-7-16-30)46-44(48-45)31-17-8-3-9-18-31/h1-26,28,33,43-44,46H,27H2,(H,47,48). The molecular weight excluding hydrogens is 629 g/mol. The van der Waals surface area contributed by atoms with E-state index >= 15 is 0 Å². The van der Waals surface area contributed by atoms with Crippen molar-refractivity contribution in [1.29, 1.82) is 0 Å². The molecule has 2 N–H and O–H groups in total. The molecule has 1 aliphatic carbocycles. The highest BCUT2D eigenvalue weighted by Crippen LogP contribution is 2.45. The minimum Gasteiger partial charge on any atom is -0.354 e. The van der Waals surface area contributed by atoms with Crippen LogP contribution in [0.4, 0.5) is 0 Å². The van der Waals surface area contributed by atoms with Crippen LogP contribution >= 0.6 is 11.3 Å². The molecule has 50 heavy (non-hydrogen) atoms. The molecule has 2 aromatic heterocycles. The minimum atomic E-state index is -0.150. The summed E-state index contributed by atoms with van der Waals surface area (Å²) in [4.78, 5) is 5.32. The molecule has 8 aromatic rings. The summed E-state index contributed by atoms with van der Waals surface area (Å²) in [5, 5.41) is 12.8. The Bertz CT molecular complexity index is 2630. The SMILES string of the molecule is C1=CC(C2=NC(c3ccccc3)NC(c3ccccc3)N2)CC(n2c3ccc(-c4ccccc4)cc3c3ccc4c5ccccc5sc4c32)=C1. The van der Waals surface area contributed by atoms with Crippen molar-refractivity contribution < 1.29 is 0 Å². The first-order valence-electron chi connectivity index (χ1n) is 17.3. The number of benzene rings is 6. The number of nitrogens with zero attached hydrogens (tertiary/aromatic N) is 2. The maximum atomic E-state index is 5.32. The first-order chi connectivity index (χ1) is 24.8. The predicted octanol–water partition coefficient (Wildman–Crippen LogP) is 11.2. The molecule has 2 aliphatic rings. The number of hydrogen-bond donors (Lipinski definition) is 2. The molecule has 3 heterocycles. The van der Waals surface area contributed by atoms with Crippen molar-refractivity contribution in [3.05, 3.63) is 175 Å². The van der Waals surface area contributed by atoms with Crippen molar-refractivity contribution in [3.63, 3.8) is 0 Å². The average molecular weight is 663 g/mol. The second kappa shape index (κ2) is 12.0. The monoisotopic (exact) mass is 662 g/mol. The van der Waals surface area contributed by atoms with Gasteiger partial charge in [-0.25, -0.2) is 4.99 Å². The van der Waals surface area contributed by atoms with Gasteiger partial charge in [0, 0.05) is 44.3 Å². The average Bonchev–Trinajstić information content (AvgIpc) is 3.74. The van der Waals surface area contributed by atoms with E-state index in [4.69, 9.17) is 4.99 Å². The highest BCUT2D eigenvalue weighted by atomic mass is 32.1. The zero-order valence-electron chi connectivity index (χ0n) is 27.3. The lowest BCUT2D eigenvalue weighted by molar-refractivity contribution is 0.399. The van der Waals surface area contributed by atoms with Gasteiger partial charge in [0.25, 0.3) is 0 Å². The Morgan fingerprint density at radius 2 is 1.36 bits per heavy atom. The van der Waals surface area contributed by atoms with Crippen LogP contribution < -0.4 is 10.6 Å². The van der Waals surface area contributed by atoms with Gasteiger partial charge in [-0.1, -0.05) is 140 Å². The van der Waals surface area contributed by atoms with Crippen LogP contribution in [0, 0.1) is 5.92 Å². The molecule has 5 heteroatoms. The third-order valence-electron chi connectivity index (χ3n) is 10.2. The summed E-state index contributed by atoms with van der Waals surface area (Å²) in [7, 11) is 0. The van der Waals surface area contributed by atoms with E-state index in [1.165, 1.54) is 64.4 Å². The van der Waals surface area contributed by atoms with Gasteiger partial charge in [-0.15, -0.1) is 11.3 Å². The summed E-state index contributed by atoms with van der Waals surface area (Å²) in [6.45, 7) is 0. The molecule has 3 atom stereocenters. The van der Waals surface area contributed by atoms with Crippen molar-refractivity contribution in [2.45, 2.75) is 18.8 Å². The summed E-state index contributed by atoms with van der Waals surface area (Å²) in [6.07, 6.45) is 7.46. The van der Waals surface area contributed by atoms with Crippen molar-refractivity contribution in [3.8, 4) is 11.1 Å². The molecule has 0 spiro atoms. The smallest absolute Gasteiger partial charge is 0.129 e. The highest BCUT2D eigenvalue weighted by molar-refractivity contribution is 7.26. The van der Waals surface area contributed by atoms with Crippen LogP contribution in [0.3, 0.4) is 0 Å². The van der Waals surface area contributed by atoms with Crippen molar-refractivity contribution in [1.82, 2.24) is 15.2 Å². The van der Waals surface area contributed by atoms with Gasteiger partial charge < -0.3 is 9.88 Å². The van der Waals surface area contributed by atoms with Crippen molar-refractivity contribution in [2.24, 2.45) is 10.9 Å². The summed E-state index contributed by atoms with van der Waals surface area (Å²) < 4.78 is 5.19. The molecule has 6 aromatic carbocycles. The number of allylic oxidation sites excluding steroid dienone is 3. The fourth-order valence-electron chi connectivity index (χ4n) is 7.80. The van der Waals surface area contributed by atoms with Crippen LogP contribution in [-0.4, -0.2) is 10.4 Å². The number of aromatic nitrogens is 1. The quantitative estimate of drug-likeness (QED) is 0.193. The topological polar surface area (TPSA) is 41.4 Å². The Morgan fingerprint density at radius 3 is 2.18 bits per heavy atom. The van der Waals surface area contributed by atoms with Crippen LogP contribution in [0.5, 0.6) is 0 Å². The van der Waals surface area contributed by atoms with Crippen LogP contribution in [0.1, 0.15) is 29.9 Å². The summed E-state index contributed by atoms with van der Waals surface area (Å²) in [5.74, 6) is 1.10. The van der Waals surface area contributed by atoms with Gasteiger partial charge in [0.2, 0.25) is 0 Å². The highest BCUT2D eigenvalue weighted by Gasteiger charge is 2.30. The molecule has 10 rings (SSSR count). The Hall–Kier alpha value is -5.75. The van der Waals surface area contributed by atoms with Crippen LogP contribution in [-0.2, 0) is 0 Å². The normalized spacial score (nSPS) is 19.2. The Morgan fingerprint density at radius 1 is 0.640 bits per heavy atom. The number of thiophene rings is 1. The second-order valence-corrected chi connectivity index (χ2v) is 14.3. The van der Waals surface area contributed by atoms with Crippen LogP contribution in [0.2, 0.25) is 0 Å². The molecule has 0 amide bonds. The molecule has 0 saturated carbocycles. The molecule has 3 unspecified atom stereocenters. The fraction of sp³-hybridized carbons (Fsp3) is 0.0889. The van der Waals surface area contributed by atoms with Gasteiger partial charge in [-0.2, -0.15) is 0 Å². The number of fused-ring (bicyclic) bond motifs is 7. The Kier molecular flexibility index (Phi) is 7.00. The fourth-order valence-corrected chi connectivity index (χ4v) is 9.04. The van der Waals surface area contributed by atoms with E-state index < -0.39 is 0 Å². The third-order valence-corrected chi connectivity index (χ3v) is 11.4. The molecule has 0 bridgehead atoms. The number of amidine groups is 1. The second-order valence-electron chi connectivity index (χ2n) is 13.2. The third kappa shape index (κ3) is 4.89. The lowest BCUT2D eigenvalue weighted by atomic mass is 9.95. The van der Waals surface area contributed by atoms with Gasteiger partial charge in [-0.05, 0) is 46.5 Å². The van der Waals surface area contributed by atoms with E-state index in [0.29, 0.717) is 0 Å². The largest absolute Gasteiger partial charge is 0.354 e. The van der Waals surface area contributed by atoms with E-state index in [-0.39, 0.29) is 18.2 Å². The molecule has 4 nitrogen and oxygen atoms in total. The molecule has 0 saturated heterocycles. The van der Waals surface area contributed by atoms with Crippen LogP contribution in [0.25, 0.3) is 58.8 Å². The zero-order chi connectivity index (χ0) is 33.0. The first kappa shape index (κ1) is 29.2. The van der Waals surface area contributed by atoms with Crippen molar-refractivity contribution >= 4 is 64.8 Å². The lowest BCUT2D eigenvalue weighted by Crippen LogP contribution is -2.47. The molecule has 0 radical (unpaired) electrons. The summed E-state index contributed by atoms with van der Waals surface area (Å²) in [5.41, 5.74) is 8.60. The van der Waals surface area contributed by atoms with Gasteiger partial charge in [0.15, 0.2) is 0 Å². The van der Waals surface area contributed by atoms with Gasteiger partial charge in [-0.3, -0.25) is 5.32 Å². The van der Waals surface area contributed by atoms with E-state index in [1.54, 1.807) is 0 Å². The number of nitrogens with one attached hydrogen (secondary N) is 2. The Balaban J connectivity index is 1.12. The predicted molar refractivity (Wildman–Crippen MR) is 211 cm³/mol. The van der Waals surface area contributed by atoms with E-state index in [2.05, 4.69) is 179 Å². The molecule has 0 fully saturated rings. The zero-order valence-corrected chi connectivity index (χ0v) is 28.1. The molecule has 240 valence electrons. The van der Waals surface area contributed by atoms with Crippen molar-refractivity contribution in [2.75, 3.05) is 0 Å². The van der Waals surface area contributed by atoms with Gasteiger partial charge >= 0.3 is 0 Å². The van der Waals surface area contributed by atoms with E-state index in [9.17, 15) is 0 Å². The first-order valence-corrected chi connectivity index (χ1v) is 18.1. The van der Waals surface area contributed by atoms with E-state index in [1.807, 2.05) is 11.3 Å². The van der Waals surface area contributed by atoms with Crippen LogP contribution in [0.15, 0.2) is 169 Å². The molecule has 1 aliphatic heterocycles. The lowest BCUT2D eigenvalue weighted by Gasteiger charge is -2.35. The summed E-state index contributed by atoms with van der Waals surface area (Å²) in [6, 6.07) is 52.3. The summed E-state index contributed by atoms with van der Waals surface area (Å²) >= 11 is 1.90. The number of rotatable bonds is 5. The maximum absolute atomic E-state index is 5.32. The number of hydrogen-bond acceptors (Lipinski definition) is 4.